The molecule has 3 N–H and O–H groups in total. The van der Waals surface area contributed by atoms with E-state index in [9.17, 15) is 23.6 Å². The van der Waals surface area contributed by atoms with Crippen molar-refractivity contribution in [3.8, 4) is 0 Å². The van der Waals surface area contributed by atoms with E-state index in [1.54, 1.807) is 0 Å². The highest BCUT2D eigenvalue weighted by atomic mass is 19.1. The van der Waals surface area contributed by atoms with E-state index in [4.69, 9.17) is 9.52 Å². The van der Waals surface area contributed by atoms with Gasteiger partial charge in [0.15, 0.2) is 0 Å². The number of carbonyl (C=O) groups excluding carboxylic acids is 2. The van der Waals surface area contributed by atoms with Gasteiger partial charge >= 0.3 is 5.97 Å². The number of carboxylic acid groups (broad SMARTS) is 1. The third-order valence-corrected chi connectivity index (χ3v) is 4.15. The van der Waals surface area contributed by atoms with Crippen LogP contribution in [0.1, 0.15) is 28.8 Å². The van der Waals surface area contributed by atoms with Gasteiger partial charge in [0.1, 0.15) is 17.7 Å². The number of amides is 2. The molecule has 0 spiro atoms. The SMILES string of the molecule is O=C(CCC(=O)Nc1ccc(C(=O)O)cc1)N/N=C/c1coc2ccc(F)cc2c1=O. The second kappa shape index (κ2) is 9.44. The van der Waals surface area contributed by atoms with Crippen molar-refractivity contribution in [2.24, 2.45) is 5.10 Å². The van der Waals surface area contributed by atoms with Gasteiger partial charge in [-0.1, -0.05) is 0 Å². The Kier molecular flexibility index (Phi) is 6.51. The van der Waals surface area contributed by atoms with Crippen LogP contribution in [0.3, 0.4) is 0 Å². The zero-order valence-corrected chi connectivity index (χ0v) is 15.9. The number of hydrazone groups is 1. The normalized spacial score (nSPS) is 10.9. The summed E-state index contributed by atoms with van der Waals surface area (Å²) in [6, 6.07) is 9.11. The maximum atomic E-state index is 13.3. The minimum atomic E-state index is -1.08. The monoisotopic (exact) mass is 425 g/mol. The van der Waals surface area contributed by atoms with Crippen LogP contribution < -0.4 is 16.2 Å². The Balaban J connectivity index is 1.51. The number of nitrogens with one attached hydrogen (secondary N) is 2. The van der Waals surface area contributed by atoms with Crippen LogP contribution in [0.25, 0.3) is 11.0 Å². The summed E-state index contributed by atoms with van der Waals surface area (Å²) in [7, 11) is 0. The third-order valence-electron chi connectivity index (χ3n) is 4.15. The van der Waals surface area contributed by atoms with Crippen molar-refractivity contribution in [1.29, 1.82) is 0 Å². The highest BCUT2D eigenvalue weighted by Gasteiger charge is 2.09. The fourth-order valence-electron chi connectivity index (χ4n) is 2.58. The number of halogens is 1. The van der Waals surface area contributed by atoms with Gasteiger partial charge in [-0.05, 0) is 42.5 Å². The van der Waals surface area contributed by atoms with E-state index in [-0.39, 0.29) is 34.9 Å². The lowest BCUT2D eigenvalue weighted by atomic mass is 10.2. The van der Waals surface area contributed by atoms with Gasteiger partial charge in [-0.2, -0.15) is 5.10 Å². The molecule has 3 aromatic rings. The predicted octanol–water partition coefficient (Wildman–Crippen LogP) is 2.50. The molecule has 2 amide bonds. The van der Waals surface area contributed by atoms with Crippen LogP contribution in [0.2, 0.25) is 0 Å². The molecule has 0 unspecified atom stereocenters. The number of benzene rings is 2. The zero-order chi connectivity index (χ0) is 22.4. The van der Waals surface area contributed by atoms with E-state index in [1.807, 2.05) is 0 Å². The van der Waals surface area contributed by atoms with Crippen molar-refractivity contribution in [2.75, 3.05) is 5.32 Å². The molecule has 0 fully saturated rings. The van der Waals surface area contributed by atoms with Crippen molar-refractivity contribution < 1.29 is 28.3 Å². The van der Waals surface area contributed by atoms with Crippen LogP contribution in [0.5, 0.6) is 0 Å². The molecular formula is C21H16FN3O6. The van der Waals surface area contributed by atoms with Crippen molar-refractivity contribution in [2.45, 2.75) is 12.8 Å². The van der Waals surface area contributed by atoms with Crippen molar-refractivity contribution in [3.63, 3.8) is 0 Å². The third kappa shape index (κ3) is 5.60. The number of hydrogen-bond acceptors (Lipinski definition) is 6. The van der Waals surface area contributed by atoms with Gasteiger partial charge in [-0.25, -0.2) is 14.6 Å². The number of carbonyl (C=O) groups is 3. The highest BCUT2D eigenvalue weighted by Crippen LogP contribution is 2.12. The Bertz CT molecular complexity index is 1230. The van der Waals surface area contributed by atoms with Gasteiger partial charge in [0, 0.05) is 18.5 Å². The molecule has 0 aliphatic heterocycles. The highest BCUT2D eigenvalue weighted by molar-refractivity contribution is 5.94. The molecule has 0 radical (unpaired) electrons. The lowest BCUT2D eigenvalue weighted by Gasteiger charge is -2.05. The molecule has 0 saturated heterocycles. The summed E-state index contributed by atoms with van der Waals surface area (Å²) in [4.78, 5) is 46.8. The molecule has 1 heterocycles. The fourth-order valence-corrected chi connectivity index (χ4v) is 2.58. The quantitative estimate of drug-likeness (QED) is 0.393. The number of carboxylic acids is 1. The van der Waals surface area contributed by atoms with E-state index < -0.39 is 29.0 Å². The van der Waals surface area contributed by atoms with E-state index in [0.717, 1.165) is 18.5 Å². The Hall–Kier alpha value is -4.34. The Morgan fingerprint density at radius 1 is 1.06 bits per heavy atom. The topological polar surface area (TPSA) is 138 Å². The van der Waals surface area contributed by atoms with Gasteiger partial charge in [-0.3, -0.25) is 14.4 Å². The summed E-state index contributed by atoms with van der Waals surface area (Å²) in [5.74, 6) is -2.68. The maximum absolute atomic E-state index is 13.3. The molecule has 2 aromatic carbocycles. The molecule has 158 valence electrons. The van der Waals surface area contributed by atoms with Gasteiger partial charge < -0.3 is 14.8 Å². The van der Waals surface area contributed by atoms with Crippen LogP contribution in [0, 0.1) is 5.82 Å². The van der Waals surface area contributed by atoms with Crippen LogP contribution in [0.4, 0.5) is 10.1 Å². The van der Waals surface area contributed by atoms with Crippen LogP contribution in [-0.4, -0.2) is 29.1 Å². The van der Waals surface area contributed by atoms with Crippen molar-refractivity contribution in [1.82, 2.24) is 5.43 Å². The molecule has 1 aromatic heterocycles. The molecule has 3 rings (SSSR count). The van der Waals surface area contributed by atoms with E-state index >= 15 is 0 Å². The summed E-state index contributed by atoms with van der Waals surface area (Å²) in [5.41, 5.74) is 2.39. The second-order valence-corrected chi connectivity index (χ2v) is 6.38. The van der Waals surface area contributed by atoms with E-state index in [1.165, 1.54) is 36.4 Å². The van der Waals surface area contributed by atoms with Gasteiger partial charge in [0.05, 0.1) is 22.7 Å². The summed E-state index contributed by atoms with van der Waals surface area (Å²) in [6.45, 7) is 0. The molecule has 31 heavy (non-hydrogen) atoms. The Morgan fingerprint density at radius 3 is 2.48 bits per heavy atom. The average molecular weight is 425 g/mol. The summed E-state index contributed by atoms with van der Waals surface area (Å²) in [5, 5.41) is 15.1. The molecule has 0 aliphatic carbocycles. The number of nitrogens with zero attached hydrogens (tertiary/aromatic N) is 1. The molecule has 10 heteroatoms. The van der Waals surface area contributed by atoms with Crippen LogP contribution in [-0.2, 0) is 9.59 Å². The predicted molar refractivity (Wildman–Crippen MR) is 109 cm³/mol. The lowest BCUT2D eigenvalue weighted by Crippen LogP contribution is -2.21. The molecule has 0 aliphatic rings. The molecule has 0 saturated carbocycles. The summed E-state index contributed by atoms with van der Waals surface area (Å²) < 4.78 is 18.6. The number of anilines is 1. The average Bonchev–Trinajstić information content (AvgIpc) is 2.74. The molecule has 0 bridgehead atoms. The largest absolute Gasteiger partial charge is 0.478 e. The zero-order valence-electron chi connectivity index (χ0n) is 15.9. The van der Waals surface area contributed by atoms with Gasteiger partial charge in [0.2, 0.25) is 17.2 Å². The Labute approximate surface area is 174 Å². The minimum absolute atomic E-state index is 0.0148. The van der Waals surface area contributed by atoms with E-state index in [2.05, 4.69) is 15.8 Å². The molecule has 9 nitrogen and oxygen atoms in total. The standard InChI is InChI=1S/C21H16FN3O6/c22-14-3-6-17-16(9-14)20(28)13(11-31-17)10-23-25-19(27)8-7-18(26)24-15-4-1-12(2-5-15)21(29)30/h1-6,9-11H,7-8H2,(H,24,26)(H,25,27)(H,29,30)/b23-10+. The van der Waals surface area contributed by atoms with Crippen LogP contribution in [0.15, 0.2) is 63.0 Å². The van der Waals surface area contributed by atoms with E-state index in [0.29, 0.717) is 5.69 Å². The minimum Gasteiger partial charge on any atom is -0.478 e. The summed E-state index contributed by atoms with van der Waals surface area (Å²) in [6.07, 6.45) is 1.90. The number of rotatable bonds is 7. The molecular weight excluding hydrogens is 409 g/mol. The smallest absolute Gasteiger partial charge is 0.335 e. The lowest BCUT2D eigenvalue weighted by molar-refractivity contribution is -0.124. The van der Waals surface area contributed by atoms with Crippen molar-refractivity contribution in [3.05, 3.63) is 75.9 Å². The summed E-state index contributed by atoms with van der Waals surface area (Å²) >= 11 is 0. The van der Waals surface area contributed by atoms with Gasteiger partial charge in [-0.15, -0.1) is 0 Å². The first-order chi connectivity index (χ1) is 14.8. The van der Waals surface area contributed by atoms with Gasteiger partial charge in [0.25, 0.3) is 0 Å². The number of fused-ring (bicyclic) bond motifs is 1. The molecule has 0 atom stereocenters. The first kappa shape index (κ1) is 21.4. The maximum Gasteiger partial charge on any atom is 0.335 e. The number of hydrogen-bond donors (Lipinski definition) is 3. The second-order valence-electron chi connectivity index (χ2n) is 6.38. The first-order valence-corrected chi connectivity index (χ1v) is 8.99. The number of aromatic carboxylic acids is 1. The first-order valence-electron chi connectivity index (χ1n) is 8.99. The fraction of sp³-hybridized carbons (Fsp3) is 0.0952. The van der Waals surface area contributed by atoms with Crippen LogP contribution >= 0.6 is 0 Å². The van der Waals surface area contributed by atoms with Crippen molar-refractivity contribution >= 4 is 40.7 Å². The Morgan fingerprint density at radius 2 is 1.77 bits per heavy atom.